The minimum atomic E-state index is -0.268. The van der Waals surface area contributed by atoms with E-state index in [9.17, 15) is 4.79 Å². The van der Waals surface area contributed by atoms with E-state index in [1.54, 1.807) is 29.2 Å². The van der Waals surface area contributed by atoms with Crippen molar-refractivity contribution < 1.29 is 4.79 Å². The summed E-state index contributed by atoms with van der Waals surface area (Å²) in [4.78, 5) is 19.0. The fraction of sp³-hybridized carbons (Fsp3) is 0.211. The molecule has 0 aliphatic heterocycles. The van der Waals surface area contributed by atoms with Gasteiger partial charge in [0.05, 0.1) is 16.4 Å². The minimum absolute atomic E-state index is 0.268. The zero-order valence-electron chi connectivity index (χ0n) is 14.9. The van der Waals surface area contributed by atoms with Crippen LogP contribution in [0.3, 0.4) is 0 Å². The standard InChI is InChI=1S/C19H20ClN5O/c1-13-11-25(17-7-5-4-6-16(17)20)23-18(13)19(26)22-14-8-9-21-15(10-14)12-24(2)3/h4-11H,12H2,1-3H3,(H,21,22,26). The molecule has 26 heavy (non-hydrogen) atoms. The number of benzene rings is 1. The van der Waals surface area contributed by atoms with Gasteiger partial charge in [0.1, 0.15) is 0 Å². The molecule has 1 amide bonds. The lowest BCUT2D eigenvalue weighted by Gasteiger charge is -2.10. The van der Waals surface area contributed by atoms with E-state index in [2.05, 4.69) is 15.4 Å². The van der Waals surface area contributed by atoms with Gasteiger partial charge in [-0.05, 0) is 45.3 Å². The van der Waals surface area contributed by atoms with E-state index in [4.69, 9.17) is 11.6 Å². The van der Waals surface area contributed by atoms with E-state index in [0.717, 1.165) is 16.9 Å². The largest absolute Gasteiger partial charge is 0.320 e. The number of hydrogen-bond donors (Lipinski definition) is 1. The molecule has 2 heterocycles. The minimum Gasteiger partial charge on any atom is -0.320 e. The number of rotatable bonds is 5. The van der Waals surface area contributed by atoms with Gasteiger partial charge in [-0.15, -0.1) is 0 Å². The Morgan fingerprint density at radius 1 is 1.27 bits per heavy atom. The van der Waals surface area contributed by atoms with Crippen molar-refractivity contribution >= 4 is 23.2 Å². The number of amides is 1. The van der Waals surface area contributed by atoms with Gasteiger partial charge in [0, 0.05) is 30.2 Å². The first kappa shape index (κ1) is 18.1. The first-order valence-corrected chi connectivity index (χ1v) is 8.54. The third kappa shape index (κ3) is 4.09. The van der Waals surface area contributed by atoms with Gasteiger partial charge < -0.3 is 10.2 Å². The van der Waals surface area contributed by atoms with Gasteiger partial charge in [-0.3, -0.25) is 9.78 Å². The number of pyridine rings is 1. The van der Waals surface area contributed by atoms with Gasteiger partial charge in [-0.2, -0.15) is 5.10 Å². The molecule has 0 atom stereocenters. The topological polar surface area (TPSA) is 63.1 Å². The molecule has 3 aromatic rings. The van der Waals surface area contributed by atoms with Crippen LogP contribution in [-0.2, 0) is 6.54 Å². The van der Waals surface area contributed by atoms with Gasteiger partial charge in [0.2, 0.25) is 0 Å². The number of hydrogen-bond acceptors (Lipinski definition) is 4. The highest BCUT2D eigenvalue weighted by atomic mass is 35.5. The number of nitrogens with zero attached hydrogens (tertiary/aromatic N) is 4. The molecule has 2 aromatic heterocycles. The van der Waals surface area contributed by atoms with E-state index in [1.165, 1.54) is 0 Å². The van der Waals surface area contributed by atoms with Gasteiger partial charge in [0.25, 0.3) is 5.91 Å². The molecule has 1 aromatic carbocycles. The molecule has 0 spiro atoms. The summed E-state index contributed by atoms with van der Waals surface area (Å²) < 4.78 is 1.62. The van der Waals surface area contributed by atoms with Crippen LogP contribution in [0.15, 0.2) is 48.8 Å². The summed E-state index contributed by atoms with van der Waals surface area (Å²) >= 11 is 6.22. The normalized spacial score (nSPS) is 11.0. The first-order chi connectivity index (χ1) is 12.4. The van der Waals surface area contributed by atoms with Crippen molar-refractivity contribution in [3.8, 4) is 5.69 Å². The summed E-state index contributed by atoms with van der Waals surface area (Å²) in [6, 6.07) is 11.0. The van der Waals surface area contributed by atoms with E-state index >= 15 is 0 Å². The van der Waals surface area contributed by atoms with Gasteiger partial charge in [0.15, 0.2) is 5.69 Å². The monoisotopic (exact) mass is 369 g/mol. The molecule has 0 aliphatic rings. The van der Waals surface area contributed by atoms with Crippen molar-refractivity contribution in [1.29, 1.82) is 0 Å². The van der Waals surface area contributed by atoms with Gasteiger partial charge >= 0.3 is 0 Å². The second kappa shape index (κ2) is 7.68. The van der Waals surface area contributed by atoms with E-state index in [0.29, 0.717) is 22.9 Å². The number of aryl methyl sites for hydroxylation is 1. The summed E-state index contributed by atoms with van der Waals surface area (Å²) in [5, 5.41) is 7.86. The van der Waals surface area contributed by atoms with Crippen LogP contribution in [0.5, 0.6) is 0 Å². The highest BCUT2D eigenvalue weighted by Gasteiger charge is 2.16. The molecule has 6 nitrogen and oxygen atoms in total. The van der Waals surface area contributed by atoms with Crippen LogP contribution in [0.25, 0.3) is 5.69 Å². The molecule has 7 heteroatoms. The lowest BCUT2D eigenvalue weighted by Crippen LogP contribution is -2.16. The molecular weight excluding hydrogens is 350 g/mol. The van der Waals surface area contributed by atoms with E-state index < -0.39 is 0 Å². The van der Waals surface area contributed by atoms with Crippen molar-refractivity contribution in [2.75, 3.05) is 19.4 Å². The van der Waals surface area contributed by atoms with Crippen molar-refractivity contribution in [3.63, 3.8) is 0 Å². The highest BCUT2D eigenvalue weighted by molar-refractivity contribution is 6.32. The van der Waals surface area contributed by atoms with Gasteiger partial charge in [-0.1, -0.05) is 23.7 Å². The second-order valence-electron chi connectivity index (χ2n) is 6.28. The van der Waals surface area contributed by atoms with Crippen LogP contribution in [0.1, 0.15) is 21.7 Å². The molecule has 0 saturated heterocycles. The fourth-order valence-corrected chi connectivity index (χ4v) is 2.82. The van der Waals surface area contributed by atoms with Crippen LogP contribution in [0.4, 0.5) is 5.69 Å². The fourth-order valence-electron chi connectivity index (χ4n) is 2.60. The van der Waals surface area contributed by atoms with E-state index in [1.807, 2.05) is 50.2 Å². The number of aromatic nitrogens is 3. The quantitative estimate of drug-likeness (QED) is 0.747. The van der Waals surface area contributed by atoms with Crippen LogP contribution in [0, 0.1) is 6.92 Å². The average molecular weight is 370 g/mol. The Balaban J connectivity index is 1.82. The van der Waals surface area contributed by atoms with Crippen LogP contribution < -0.4 is 5.32 Å². The Labute approximate surface area is 157 Å². The van der Waals surface area contributed by atoms with Crippen molar-refractivity contribution in [3.05, 3.63) is 70.8 Å². The maximum atomic E-state index is 12.6. The number of anilines is 1. The molecule has 1 N–H and O–H groups in total. The van der Waals surface area contributed by atoms with Crippen molar-refractivity contribution in [2.24, 2.45) is 0 Å². The van der Waals surface area contributed by atoms with Crippen molar-refractivity contribution in [1.82, 2.24) is 19.7 Å². The predicted molar refractivity (Wildman–Crippen MR) is 103 cm³/mol. The highest BCUT2D eigenvalue weighted by Crippen LogP contribution is 2.21. The molecule has 134 valence electrons. The number of carbonyl (C=O) groups excluding carboxylic acids is 1. The summed E-state index contributed by atoms with van der Waals surface area (Å²) in [6.45, 7) is 2.54. The lowest BCUT2D eigenvalue weighted by molar-refractivity contribution is 0.102. The van der Waals surface area contributed by atoms with Gasteiger partial charge in [-0.25, -0.2) is 4.68 Å². The van der Waals surface area contributed by atoms with Crippen LogP contribution in [-0.4, -0.2) is 39.7 Å². The zero-order valence-corrected chi connectivity index (χ0v) is 15.7. The Morgan fingerprint density at radius 2 is 2.04 bits per heavy atom. The maximum Gasteiger partial charge on any atom is 0.276 e. The molecule has 0 unspecified atom stereocenters. The Morgan fingerprint density at radius 3 is 2.77 bits per heavy atom. The molecule has 0 fully saturated rings. The molecule has 3 rings (SSSR count). The molecule has 0 saturated carbocycles. The summed E-state index contributed by atoms with van der Waals surface area (Å²) in [5.74, 6) is -0.268. The predicted octanol–water partition coefficient (Wildman–Crippen LogP) is 3.54. The summed E-state index contributed by atoms with van der Waals surface area (Å²) in [7, 11) is 3.94. The molecule has 0 bridgehead atoms. The molecule has 0 radical (unpaired) electrons. The third-order valence-corrected chi connectivity index (χ3v) is 4.08. The Kier molecular flexibility index (Phi) is 5.35. The Bertz CT molecular complexity index is 935. The number of nitrogens with one attached hydrogen (secondary N) is 1. The first-order valence-electron chi connectivity index (χ1n) is 8.16. The van der Waals surface area contributed by atoms with Crippen molar-refractivity contribution in [2.45, 2.75) is 13.5 Å². The third-order valence-electron chi connectivity index (χ3n) is 3.76. The molecular formula is C19H20ClN5O. The lowest BCUT2D eigenvalue weighted by atomic mass is 10.2. The average Bonchev–Trinajstić information content (AvgIpc) is 2.96. The zero-order chi connectivity index (χ0) is 18.7. The number of carbonyl (C=O) groups is 1. The molecule has 0 aliphatic carbocycles. The Hall–Kier alpha value is -2.70. The van der Waals surface area contributed by atoms with E-state index in [-0.39, 0.29) is 5.91 Å². The summed E-state index contributed by atoms with van der Waals surface area (Å²) in [5.41, 5.74) is 3.43. The van der Waals surface area contributed by atoms with Crippen LogP contribution >= 0.6 is 11.6 Å². The van der Waals surface area contributed by atoms with Crippen LogP contribution in [0.2, 0.25) is 5.02 Å². The number of para-hydroxylation sites is 1. The SMILES string of the molecule is Cc1cn(-c2ccccc2Cl)nc1C(=O)Nc1ccnc(CN(C)C)c1. The smallest absolute Gasteiger partial charge is 0.276 e. The second-order valence-corrected chi connectivity index (χ2v) is 6.69. The number of halogens is 1. The summed E-state index contributed by atoms with van der Waals surface area (Å²) in [6.07, 6.45) is 3.48. The maximum absolute atomic E-state index is 12.6.